The maximum atomic E-state index is 12.8. The normalized spacial score (nSPS) is 13.6. The van der Waals surface area contributed by atoms with Crippen molar-refractivity contribution < 1.29 is 28.6 Å². The molecule has 1 aromatic rings. The van der Waals surface area contributed by atoms with Crippen LogP contribution in [0.2, 0.25) is 0 Å². The molecule has 0 aromatic heterocycles. The first-order valence-corrected chi connectivity index (χ1v) is 10.5. The highest BCUT2D eigenvalue weighted by molar-refractivity contribution is 5.82. The van der Waals surface area contributed by atoms with Crippen molar-refractivity contribution in [3.05, 3.63) is 35.9 Å². The second kappa shape index (κ2) is 11.7. The highest BCUT2D eigenvalue weighted by Gasteiger charge is 2.30. The van der Waals surface area contributed by atoms with Gasteiger partial charge in [0.25, 0.3) is 0 Å². The lowest BCUT2D eigenvalue weighted by Gasteiger charge is -2.27. The first kappa shape index (κ1) is 26.4. The molecule has 0 heterocycles. The number of carbonyl (C=O) groups excluding carboxylic acids is 3. The highest BCUT2D eigenvalue weighted by atomic mass is 16.6. The number of benzene rings is 1. The molecule has 2 atom stereocenters. The zero-order chi connectivity index (χ0) is 23.7. The Morgan fingerprint density at radius 2 is 1.45 bits per heavy atom. The molecular weight excluding hydrogens is 400 g/mol. The van der Waals surface area contributed by atoms with Crippen molar-refractivity contribution in [2.24, 2.45) is 0 Å². The second-order valence-electron chi connectivity index (χ2n) is 9.13. The van der Waals surface area contributed by atoms with Crippen LogP contribution in [0.1, 0.15) is 54.0 Å². The Bertz CT molecular complexity index is 722. The zero-order valence-corrected chi connectivity index (χ0v) is 19.6. The van der Waals surface area contributed by atoms with Gasteiger partial charge in [-0.2, -0.15) is 0 Å². The van der Waals surface area contributed by atoms with Crippen molar-refractivity contribution in [2.75, 3.05) is 13.2 Å². The van der Waals surface area contributed by atoms with E-state index in [-0.39, 0.29) is 13.2 Å². The molecule has 0 unspecified atom stereocenters. The summed E-state index contributed by atoms with van der Waals surface area (Å²) < 4.78 is 15.8. The third kappa shape index (κ3) is 11.4. The van der Waals surface area contributed by atoms with E-state index in [1.165, 1.54) is 0 Å². The molecule has 0 spiro atoms. The zero-order valence-electron chi connectivity index (χ0n) is 19.6. The number of hydrogen-bond donors (Lipinski definition) is 2. The summed E-state index contributed by atoms with van der Waals surface area (Å²) in [7, 11) is 0. The molecule has 0 aliphatic heterocycles. The third-order valence-electron chi connectivity index (χ3n) is 3.80. The van der Waals surface area contributed by atoms with E-state index in [0.29, 0.717) is 6.42 Å². The van der Waals surface area contributed by atoms with E-state index in [2.05, 4.69) is 10.6 Å². The molecular formula is C23H36N2O6. The minimum absolute atomic E-state index is 0.0329. The number of hydrogen-bond acceptors (Lipinski definition) is 7. The van der Waals surface area contributed by atoms with E-state index < -0.39 is 41.3 Å². The Morgan fingerprint density at radius 3 is 1.97 bits per heavy atom. The van der Waals surface area contributed by atoms with Gasteiger partial charge >= 0.3 is 18.0 Å². The summed E-state index contributed by atoms with van der Waals surface area (Å²) in [6.07, 6.45) is -0.387. The Balaban J connectivity index is 2.94. The molecule has 0 saturated heterocycles. The number of alkyl carbamates (subject to hydrolysis) is 1. The SMILES string of the molecule is CCOC(=O)[C@@H](CN[C@@H](Cc1ccccc1)C(=O)OC(C)(C)C)NC(=O)OC(C)(C)C. The summed E-state index contributed by atoms with van der Waals surface area (Å²) in [5, 5.41) is 5.57. The summed E-state index contributed by atoms with van der Waals surface area (Å²) in [5.74, 6) is -1.07. The van der Waals surface area contributed by atoms with E-state index in [4.69, 9.17) is 14.2 Å². The number of amides is 1. The fraction of sp³-hybridized carbons (Fsp3) is 0.609. The molecule has 174 valence electrons. The Labute approximate surface area is 185 Å². The molecule has 0 fully saturated rings. The van der Waals surface area contributed by atoms with E-state index in [1.54, 1.807) is 48.5 Å². The molecule has 0 aliphatic rings. The monoisotopic (exact) mass is 436 g/mol. The molecule has 0 bridgehead atoms. The van der Waals surface area contributed by atoms with E-state index in [1.807, 2.05) is 30.3 Å². The van der Waals surface area contributed by atoms with Gasteiger partial charge in [0.05, 0.1) is 6.61 Å². The van der Waals surface area contributed by atoms with Gasteiger partial charge in [0.2, 0.25) is 0 Å². The van der Waals surface area contributed by atoms with Gasteiger partial charge in [0.15, 0.2) is 0 Å². The van der Waals surface area contributed by atoms with Gasteiger partial charge in [-0.25, -0.2) is 9.59 Å². The molecule has 0 aliphatic carbocycles. The second-order valence-corrected chi connectivity index (χ2v) is 9.13. The Hall–Kier alpha value is -2.61. The number of nitrogens with one attached hydrogen (secondary N) is 2. The van der Waals surface area contributed by atoms with Crippen LogP contribution in [0.15, 0.2) is 30.3 Å². The van der Waals surface area contributed by atoms with Crippen LogP contribution in [-0.4, -0.2) is 54.5 Å². The minimum atomic E-state index is -1.03. The van der Waals surface area contributed by atoms with Gasteiger partial charge in [0, 0.05) is 6.54 Å². The average molecular weight is 437 g/mol. The van der Waals surface area contributed by atoms with Crippen LogP contribution >= 0.6 is 0 Å². The molecule has 31 heavy (non-hydrogen) atoms. The van der Waals surface area contributed by atoms with Crippen LogP contribution in [0.4, 0.5) is 4.79 Å². The molecule has 0 saturated carbocycles. The van der Waals surface area contributed by atoms with Crippen molar-refractivity contribution in [2.45, 2.75) is 78.2 Å². The summed E-state index contributed by atoms with van der Waals surface area (Å²) >= 11 is 0. The van der Waals surface area contributed by atoms with Crippen LogP contribution in [0.5, 0.6) is 0 Å². The number of rotatable bonds is 9. The van der Waals surface area contributed by atoms with Crippen LogP contribution < -0.4 is 10.6 Å². The quantitative estimate of drug-likeness (QED) is 0.453. The smallest absolute Gasteiger partial charge is 0.408 e. The molecule has 1 aromatic carbocycles. The average Bonchev–Trinajstić information content (AvgIpc) is 2.62. The van der Waals surface area contributed by atoms with Crippen LogP contribution in [0.25, 0.3) is 0 Å². The van der Waals surface area contributed by atoms with Crippen LogP contribution in [-0.2, 0) is 30.2 Å². The van der Waals surface area contributed by atoms with Crippen molar-refractivity contribution in [1.29, 1.82) is 0 Å². The van der Waals surface area contributed by atoms with Crippen molar-refractivity contribution in [3.8, 4) is 0 Å². The van der Waals surface area contributed by atoms with E-state index in [9.17, 15) is 14.4 Å². The maximum absolute atomic E-state index is 12.8. The Kier molecular flexibility index (Phi) is 9.97. The predicted octanol–water partition coefficient (Wildman–Crippen LogP) is 2.99. The molecule has 8 heteroatoms. The molecule has 1 amide bonds. The van der Waals surface area contributed by atoms with Crippen molar-refractivity contribution in [3.63, 3.8) is 0 Å². The lowest BCUT2D eigenvalue weighted by molar-refractivity contribution is -0.158. The first-order chi connectivity index (χ1) is 14.3. The van der Waals surface area contributed by atoms with Crippen LogP contribution in [0.3, 0.4) is 0 Å². The predicted molar refractivity (Wildman–Crippen MR) is 118 cm³/mol. The van der Waals surface area contributed by atoms with E-state index >= 15 is 0 Å². The van der Waals surface area contributed by atoms with Gasteiger partial charge in [-0.05, 0) is 60.5 Å². The fourth-order valence-corrected chi connectivity index (χ4v) is 2.61. The molecule has 1 rings (SSSR count). The van der Waals surface area contributed by atoms with Gasteiger partial charge in [-0.15, -0.1) is 0 Å². The molecule has 8 nitrogen and oxygen atoms in total. The van der Waals surface area contributed by atoms with Gasteiger partial charge in [-0.1, -0.05) is 30.3 Å². The highest BCUT2D eigenvalue weighted by Crippen LogP contribution is 2.12. The largest absolute Gasteiger partial charge is 0.464 e. The summed E-state index contributed by atoms with van der Waals surface area (Å²) in [6.45, 7) is 12.3. The first-order valence-electron chi connectivity index (χ1n) is 10.5. The van der Waals surface area contributed by atoms with Gasteiger partial charge in [0.1, 0.15) is 23.3 Å². The number of ether oxygens (including phenoxy) is 3. The van der Waals surface area contributed by atoms with Crippen molar-refractivity contribution >= 4 is 18.0 Å². The van der Waals surface area contributed by atoms with Gasteiger partial charge < -0.3 is 24.8 Å². The molecule has 2 N–H and O–H groups in total. The lowest BCUT2D eigenvalue weighted by Crippen LogP contribution is -2.53. The fourth-order valence-electron chi connectivity index (χ4n) is 2.61. The van der Waals surface area contributed by atoms with E-state index in [0.717, 1.165) is 5.56 Å². The lowest BCUT2D eigenvalue weighted by atomic mass is 10.1. The third-order valence-corrected chi connectivity index (χ3v) is 3.80. The number of carbonyl (C=O) groups is 3. The van der Waals surface area contributed by atoms with Gasteiger partial charge in [-0.3, -0.25) is 4.79 Å². The maximum Gasteiger partial charge on any atom is 0.408 e. The molecule has 0 radical (unpaired) electrons. The summed E-state index contributed by atoms with van der Waals surface area (Å²) in [5.41, 5.74) is -0.454. The van der Waals surface area contributed by atoms with Crippen LogP contribution in [0, 0.1) is 0 Å². The Morgan fingerprint density at radius 1 is 0.871 bits per heavy atom. The topological polar surface area (TPSA) is 103 Å². The standard InChI is InChI=1S/C23H36N2O6/c1-8-29-19(26)18(25-21(28)31-23(5,6)7)15-24-17(20(27)30-22(2,3)4)14-16-12-10-9-11-13-16/h9-13,17-18,24H,8,14-15H2,1-7H3,(H,25,28)/t17-,18+/m0/s1. The number of esters is 2. The summed E-state index contributed by atoms with van der Waals surface area (Å²) in [6, 6.07) is 7.71. The van der Waals surface area contributed by atoms with Crippen molar-refractivity contribution in [1.82, 2.24) is 10.6 Å². The summed E-state index contributed by atoms with van der Waals surface area (Å²) in [4.78, 5) is 37.3. The minimum Gasteiger partial charge on any atom is -0.464 e.